The topological polar surface area (TPSA) is 108 Å². The SMILES string of the molecule is COc1ncnc(Cl)c1N.COc1ncnc(Cl)c1NC1CCCCC1. The Labute approximate surface area is 162 Å². The van der Waals surface area contributed by atoms with Crippen LogP contribution in [0.25, 0.3) is 0 Å². The number of nitrogens with one attached hydrogen (secondary N) is 1. The number of ether oxygens (including phenoxy) is 2. The number of nitrogens with two attached hydrogens (primary N) is 1. The summed E-state index contributed by atoms with van der Waals surface area (Å²) in [6.45, 7) is 0. The van der Waals surface area contributed by atoms with E-state index in [1.165, 1.54) is 51.9 Å². The Hall–Kier alpha value is -2.06. The van der Waals surface area contributed by atoms with Crippen LogP contribution in [0.4, 0.5) is 11.4 Å². The fraction of sp³-hybridized carbons (Fsp3) is 0.500. The maximum absolute atomic E-state index is 6.03. The van der Waals surface area contributed by atoms with Crippen LogP contribution in [0, 0.1) is 0 Å². The van der Waals surface area contributed by atoms with E-state index in [1.54, 1.807) is 7.11 Å². The minimum Gasteiger partial charge on any atom is -0.479 e. The molecule has 0 unspecified atom stereocenters. The lowest BCUT2D eigenvalue weighted by atomic mass is 9.95. The highest BCUT2D eigenvalue weighted by molar-refractivity contribution is 6.32. The minimum absolute atomic E-state index is 0.215. The molecule has 0 saturated heterocycles. The Morgan fingerprint density at radius 3 is 2.08 bits per heavy atom. The Morgan fingerprint density at radius 1 is 0.923 bits per heavy atom. The molecule has 0 atom stereocenters. The quantitative estimate of drug-likeness (QED) is 0.749. The number of hydrogen-bond acceptors (Lipinski definition) is 8. The van der Waals surface area contributed by atoms with Gasteiger partial charge >= 0.3 is 0 Å². The number of nitrogens with zero attached hydrogens (tertiary/aromatic N) is 4. The zero-order valence-corrected chi connectivity index (χ0v) is 16.2. The lowest BCUT2D eigenvalue weighted by Crippen LogP contribution is -2.23. The molecule has 2 aromatic heterocycles. The third-order valence-electron chi connectivity index (χ3n) is 3.91. The number of nitrogen functional groups attached to an aromatic ring is 1. The van der Waals surface area contributed by atoms with Crippen molar-refractivity contribution in [3.8, 4) is 11.8 Å². The highest BCUT2D eigenvalue weighted by Gasteiger charge is 2.17. The zero-order chi connectivity index (χ0) is 18.9. The second-order valence-electron chi connectivity index (χ2n) is 5.62. The molecule has 0 radical (unpaired) electrons. The number of methoxy groups -OCH3 is 2. The smallest absolute Gasteiger partial charge is 0.241 e. The molecule has 1 saturated carbocycles. The second-order valence-corrected chi connectivity index (χ2v) is 6.33. The zero-order valence-electron chi connectivity index (χ0n) is 14.7. The number of rotatable bonds is 4. The molecule has 142 valence electrons. The molecule has 0 aromatic carbocycles. The highest BCUT2D eigenvalue weighted by atomic mass is 35.5. The largest absolute Gasteiger partial charge is 0.479 e. The molecule has 26 heavy (non-hydrogen) atoms. The normalized spacial score (nSPS) is 14.2. The molecule has 3 N–H and O–H groups in total. The standard InChI is InChI=1S/C11H16ClN3O.C5H6ClN3O/c1-16-11-9(10(12)13-7-14-11)15-8-5-3-2-4-6-8;1-10-5-3(7)4(6)8-2-9-5/h7-8,15H,2-6H2,1H3;2H,7H2,1H3. The van der Waals surface area contributed by atoms with E-state index in [1.807, 2.05) is 0 Å². The van der Waals surface area contributed by atoms with Crippen LogP contribution in [-0.2, 0) is 0 Å². The van der Waals surface area contributed by atoms with Crippen molar-refractivity contribution in [3.05, 3.63) is 23.0 Å². The number of halogens is 2. The van der Waals surface area contributed by atoms with Gasteiger partial charge in [-0.3, -0.25) is 0 Å². The average Bonchev–Trinajstić information content (AvgIpc) is 2.67. The summed E-state index contributed by atoms with van der Waals surface area (Å²) in [4.78, 5) is 15.4. The fourth-order valence-corrected chi connectivity index (χ4v) is 2.90. The van der Waals surface area contributed by atoms with Crippen molar-refractivity contribution >= 4 is 34.6 Å². The van der Waals surface area contributed by atoms with Crippen LogP contribution in [0.3, 0.4) is 0 Å². The third-order valence-corrected chi connectivity index (χ3v) is 4.49. The number of anilines is 2. The van der Waals surface area contributed by atoms with E-state index < -0.39 is 0 Å². The van der Waals surface area contributed by atoms with E-state index in [9.17, 15) is 0 Å². The van der Waals surface area contributed by atoms with Crippen molar-refractivity contribution in [1.29, 1.82) is 0 Å². The molecule has 1 aliphatic rings. The van der Waals surface area contributed by atoms with Crippen LogP contribution in [0.15, 0.2) is 12.7 Å². The van der Waals surface area contributed by atoms with Gasteiger partial charge in [0.15, 0.2) is 10.3 Å². The number of hydrogen-bond donors (Lipinski definition) is 2. The summed E-state index contributed by atoms with van der Waals surface area (Å²) in [7, 11) is 3.06. The Balaban J connectivity index is 0.000000209. The maximum atomic E-state index is 6.03. The average molecular weight is 401 g/mol. The van der Waals surface area contributed by atoms with Crippen molar-refractivity contribution in [2.75, 3.05) is 25.3 Å². The molecule has 10 heteroatoms. The summed E-state index contributed by atoms with van der Waals surface area (Å²) in [5.41, 5.74) is 6.40. The molecular formula is C16H22Cl2N6O2. The van der Waals surface area contributed by atoms with Gasteiger partial charge in [-0.15, -0.1) is 0 Å². The molecule has 1 aliphatic carbocycles. The Kier molecular flexibility index (Phi) is 7.93. The summed E-state index contributed by atoms with van der Waals surface area (Å²) in [6.07, 6.45) is 8.92. The van der Waals surface area contributed by atoms with Gasteiger partial charge in [-0.25, -0.2) is 9.97 Å². The van der Waals surface area contributed by atoms with Gasteiger partial charge in [0.25, 0.3) is 0 Å². The first-order chi connectivity index (χ1) is 12.6. The molecule has 8 nitrogen and oxygen atoms in total. The lowest BCUT2D eigenvalue weighted by Gasteiger charge is -2.24. The van der Waals surface area contributed by atoms with E-state index in [4.69, 9.17) is 38.4 Å². The Morgan fingerprint density at radius 2 is 1.50 bits per heavy atom. The van der Waals surface area contributed by atoms with Gasteiger partial charge in [0, 0.05) is 6.04 Å². The van der Waals surface area contributed by atoms with E-state index in [0.29, 0.717) is 23.0 Å². The van der Waals surface area contributed by atoms with Gasteiger partial charge in [-0.1, -0.05) is 42.5 Å². The molecule has 2 aromatic rings. The third kappa shape index (κ3) is 5.47. The van der Waals surface area contributed by atoms with Crippen LogP contribution < -0.4 is 20.5 Å². The van der Waals surface area contributed by atoms with Crippen LogP contribution in [0.5, 0.6) is 11.8 Å². The predicted molar refractivity (Wildman–Crippen MR) is 102 cm³/mol. The predicted octanol–water partition coefficient (Wildman–Crippen LogP) is 3.60. The van der Waals surface area contributed by atoms with Crippen molar-refractivity contribution in [2.45, 2.75) is 38.1 Å². The maximum Gasteiger partial charge on any atom is 0.241 e. The lowest BCUT2D eigenvalue weighted by molar-refractivity contribution is 0.396. The van der Waals surface area contributed by atoms with E-state index in [-0.39, 0.29) is 10.8 Å². The van der Waals surface area contributed by atoms with Crippen molar-refractivity contribution in [2.24, 2.45) is 0 Å². The minimum atomic E-state index is 0.215. The first-order valence-electron chi connectivity index (χ1n) is 8.17. The van der Waals surface area contributed by atoms with Crippen LogP contribution in [-0.4, -0.2) is 40.2 Å². The van der Waals surface area contributed by atoms with Gasteiger partial charge in [-0.2, -0.15) is 9.97 Å². The molecule has 0 spiro atoms. The second kappa shape index (κ2) is 10.2. The molecular weight excluding hydrogens is 379 g/mol. The summed E-state index contributed by atoms with van der Waals surface area (Å²) in [5, 5.41) is 4.03. The molecule has 0 bridgehead atoms. The van der Waals surface area contributed by atoms with Gasteiger partial charge in [0.2, 0.25) is 11.8 Å². The van der Waals surface area contributed by atoms with Gasteiger partial charge in [-0.05, 0) is 12.8 Å². The van der Waals surface area contributed by atoms with Crippen LogP contribution in [0.1, 0.15) is 32.1 Å². The summed E-state index contributed by atoms with van der Waals surface area (Å²) in [5.74, 6) is 0.825. The molecule has 3 rings (SSSR count). The van der Waals surface area contributed by atoms with Crippen LogP contribution >= 0.6 is 23.2 Å². The number of aromatic nitrogens is 4. The highest BCUT2D eigenvalue weighted by Crippen LogP contribution is 2.31. The van der Waals surface area contributed by atoms with Crippen molar-refractivity contribution in [1.82, 2.24) is 19.9 Å². The molecule has 0 amide bonds. The van der Waals surface area contributed by atoms with Crippen molar-refractivity contribution < 1.29 is 9.47 Å². The van der Waals surface area contributed by atoms with Crippen molar-refractivity contribution in [3.63, 3.8) is 0 Å². The van der Waals surface area contributed by atoms with Gasteiger partial charge < -0.3 is 20.5 Å². The summed E-state index contributed by atoms with van der Waals surface area (Å²) >= 11 is 11.6. The van der Waals surface area contributed by atoms with Crippen LogP contribution in [0.2, 0.25) is 10.3 Å². The monoisotopic (exact) mass is 400 g/mol. The molecule has 2 heterocycles. The first-order valence-corrected chi connectivity index (χ1v) is 8.93. The van der Waals surface area contributed by atoms with E-state index in [2.05, 4.69) is 25.3 Å². The summed E-state index contributed by atoms with van der Waals surface area (Å²) in [6, 6.07) is 0.464. The molecule has 0 aliphatic heterocycles. The first kappa shape index (κ1) is 20.3. The molecule has 1 fully saturated rings. The van der Waals surface area contributed by atoms with E-state index >= 15 is 0 Å². The Bertz CT molecular complexity index is 713. The van der Waals surface area contributed by atoms with E-state index in [0.717, 1.165) is 5.69 Å². The van der Waals surface area contributed by atoms with Gasteiger partial charge in [0.05, 0.1) is 14.2 Å². The van der Waals surface area contributed by atoms with Gasteiger partial charge in [0.1, 0.15) is 24.0 Å². The fourth-order valence-electron chi connectivity index (χ4n) is 2.60. The summed E-state index contributed by atoms with van der Waals surface area (Å²) < 4.78 is 9.93.